The molecule has 0 radical (unpaired) electrons. The third-order valence-electron chi connectivity index (χ3n) is 2.87. The van der Waals surface area contributed by atoms with E-state index in [4.69, 9.17) is 27.2 Å². The minimum atomic E-state index is -0.966. The lowest BCUT2D eigenvalue weighted by atomic mass is 10.2. The lowest BCUT2D eigenvalue weighted by Crippen LogP contribution is -2.44. The molecule has 1 aliphatic rings. The van der Waals surface area contributed by atoms with Gasteiger partial charge in [0, 0.05) is 6.07 Å². The van der Waals surface area contributed by atoms with Crippen LogP contribution in [-0.2, 0) is 4.74 Å². The van der Waals surface area contributed by atoms with Crippen LogP contribution in [0.15, 0.2) is 24.5 Å². The summed E-state index contributed by atoms with van der Waals surface area (Å²) < 4.78 is 6.99. The zero-order valence-corrected chi connectivity index (χ0v) is 10.2. The van der Waals surface area contributed by atoms with Gasteiger partial charge in [-0.25, -0.2) is 0 Å². The summed E-state index contributed by atoms with van der Waals surface area (Å²) >= 11 is 6.05. The molecule has 1 aromatic heterocycles. The Labute approximate surface area is 109 Å². The zero-order valence-electron chi connectivity index (χ0n) is 9.44. The number of aliphatic hydroxyl groups is 2. The number of aliphatic hydroxyl groups excluding tert-OH is 2. The minimum absolute atomic E-state index is 0.312. The molecular weight excluding hydrogens is 260 g/mol. The molecule has 0 aliphatic carbocycles. The maximum atomic E-state index is 11.1. The highest BCUT2D eigenvalue weighted by molar-refractivity contribution is 6.21. The number of aromatic nitrogens is 1. The third kappa shape index (κ3) is 2.32. The summed E-state index contributed by atoms with van der Waals surface area (Å²) in [6.07, 6.45) is 0.792. The second-order valence-corrected chi connectivity index (χ2v) is 4.59. The Balaban J connectivity index is 2.27. The summed E-state index contributed by atoms with van der Waals surface area (Å²) in [6.45, 7) is -0.322. The van der Waals surface area contributed by atoms with Crippen molar-refractivity contribution in [1.82, 2.24) is 0 Å². The molecule has 7 heteroatoms. The molecule has 1 saturated heterocycles. The maximum Gasteiger partial charge on any atom is 0.282 e. The Morgan fingerprint density at radius 2 is 2.33 bits per heavy atom. The van der Waals surface area contributed by atoms with Crippen LogP contribution in [0.2, 0.25) is 0 Å². The smallest absolute Gasteiger partial charge is 0.282 e. The minimum Gasteiger partial charge on any atom is -0.394 e. The number of ether oxygens (including phenoxy) is 1. The van der Waals surface area contributed by atoms with E-state index in [1.165, 1.54) is 6.20 Å². The van der Waals surface area contributed by atoms with E-state index < -0.39 is 29.7 Å². The van der Waals surface area contributed by atoms with Gasteiger partial charge >= 0.3 is 0 Å². The average molecular weight is 274 g/mol. The number of nitrogens with zero attached hydrogens (tertiary/aromatic N) is 1. The maximum absolute atomic E-state index is 11.1. The third-order valence-corrected chi connectivity index (χ3v) is 3.35. The summed E-state index contributed by atoms with van der Waals surface area (Å²) in [5.41, 5.74) is 5.49. The number of pyridine rings is 1. The predicted molar refractivity (Wildman–Crippen MR) is 61.8 cm³/mol. The fourth-order valence-electron chi connectivity index (χ4n) is 1.89. The average Bonchev–Trinajstić information content (AvgIpc) is 2.66. The molecule has 1 fully saturated rings. The van der Waals surface area contributed by atoms with Crippen LogP contribution in [-0.4, -0.2) is 40.3 Å². The number of halogens is 1. The van der Waals surface area contributed by atoms with Gasteiger partial charge < -0.3 is 20.7 Å². The molecule has 4 N–H and O–H groups in total. The van der Waals surface area contributed by atoms with E-state index in [2.05, 4.69) is 0 Å². The summed E-state index contributed by atoms with van der Waals surface area (Å²) in [6, 6.07) is 3.20. The summed E-state index contributed by atoms with van der Waals surface area (Å²) in [4.78, 5) is 11.1. The normalized spacial score (nSPS) is 31.5. The number of hydrogen-bond acceptors (Lipinski definition) is 4. The van der Waals surface area contributed by atoms with Crippen LogP contribution in [0, 0.1) is 0 Å². The van der Waals surface area contributed by atoms with Gasteiger partial charge in [-0.3, -0.25) is 4.79 Å². The van der Waals surface area contributed by atoms with Crippen molar-refractivity contribution in [2.24, 2.45) is 5.73 Å². The number of rotatable bonds is 3. The molecule has 0 bridgehead atoms. The standard InChI is InChI=1S/C11H13ClN2O4/c12-8-9(16)7(5-15)18-11(8)14-3-1-2-6(4-14)10(13)17/h1-4,7-9,11,15-16H,5H2,(H-,13,17)/p+1/t7-,8+,9?,11-/m1/s1. The fraction of sp³-hybridized carbons (Fsp3) is 0.455. The van der Waals surface area contributed by atoms with Crippen LogP contribution in [0.5, 0.6) is 0 Å². The first-order chi connectivity index (χ1) is 8.54. The Hall–Kier alpha value is -1.21. The number of alkyl halides is 1. The summed E-state index contributed by atoms with van der Waals surface area (Å²) in [5, 5.41) is 18.1. The van der Waals surface area contributed by atoms with E-state index in [-0.39, 0.29) is 6.61 Å². The predicted octanol–water partition coefficient (Wildman–Crippen LogP) is -1.07. The van der Waals surface area contributed by atoms with Crippen molar-refractivity contribution >= 4 is 17.5 Å². The van der Waals surface area contributed by atoms with Crippen molar-refractivity contribution in [3.63, 3.8) is 0 Å². The van der Waals surface area contributed by atoms with E-state index in [1.807, 2.05) is 0 Å². The second kappa shape index (κ2) is 5.19. The first-order valence-electron chi connectivity index (χ1n) is 5.43. The van der Waals surface area contributed by atoms with Crippen molar-refractivity contribution in [2.45, 2.75) is 23.8 Å². The van der Waals surface area contributed by atoms with Gasteiger partial charge in [0.2, 0.25) is 0 Å². The van der Waals surface area contributed by atoms with Crippen molar-refractivity contribution in [1.29, 1.82) is 0 Å². The SMILES string of the molecule is NC(=O)c1ccc[n+]([C@@H]2O[C@H](CO)C(O)[C@@H]2Cl)c1. The van der Waals surface area contributed by atoms with E-state index in [0.29, 0.717) is 5.56 Å². The first kappa shape index (κ1) is 13.2. The highest BCUT2D eigenvalue weighted by atomic mass is 35.5. The van der Waals surface area contributed by atoms with E-state index >= 15 is 0 Å². The monoisotopic (exact) mass is 273 g/mol. The molecule has 1 unspecified atom stereocenters. The molecular formula is C11H14ClN2O4+. The molecule has 1 aromatic rings. The number of amides is 1. The van der Waals surface area contributed by atoms with Crippen LogP contribution in [0.4, 0.5) is 0 Å². The van der Waals surface area contributed by atoms with Gasteiger partial charge in [-0.15, -0.1) is 11.6 Å². The lowest BCUT2D eigenvalue weighted by molar-refractivity contribution is -0.758. The van der Waals surface area contributed by atoms with Crippen molar-refractivity contribution in [2.75, 3.05) is 6.61 Å². The Bertz CT molecular complexity index is 456. The Kier molecular flexibility index (Phi) is 3.82. The zero-order chi connectivity index (χ0) is 13.3. The van der Waals surface area contributed by atoms with Gasteiger partial charge in [0.05, 0.1) is 6.61 Å². The molecule has 98 valence electrons. The Morgan fingerprint density at radius 1 is 1.61 bits per heavy atom. The largest absolute Gasteiger partial charge is 0.394 e. The number of nitrogens with two attached hydrogens (primary N) is 1. The summed E-state index contributed by atoms with van der Waals surface area (Å²) in [5.74, 6) is -0.562. The molecule has 1 aliphatic heterocycles. The number of carbonyl (C=O) groups excluding carboxylic acids is 1. The highest BCUT2D eigenvalue weighted by Gasteiger charge is 2.47. The van der Waals surface area contributed by atoms with Crippen LogP contribution in [0.1, 0.15) is 16.6 Å². The van der Waals surface area contributed by atoms with Gasteiger partial charge in [0.15, 0.2) is 17.8 Å². The molecule has 2 heterocycles. The quantitative estimate of drug-likeness (QED) is 0.483. The molecule has 0 saturated carbocycles. The topological polar surface area (TPSA) is 96.7 Å². The molecule has 1 amide bonds. The number of primary amides is 1. The van der Waals surface area contributed by atoms with E-state index in [9.17, 15) is 9.90 Å². The van der Waals surface area contributed by atoms with Gasteiger partial charge in [-0.1, -0.05) is 0 Å². The van der Waals surface area contributed by atoms with Gasteiger partial charge in [-0.2, -0.15) is 4.57 Å². The van der Waals surface area contributed by atoms with Gasteiger partial charge in [-0.05, 0) is 6.07 Å². The lowest BCUT2D eigenvalue weighted by Gasteiger charge is -2.09. The molecule has 0 spiro atoms. The number of carbonyl (C=O) groups is 1. The van der Waals surface area contributed by atoms with Crippen molar-refractivity contribution < 1.29 is 24.3 Å². The van der Waals surface area contributed by atoms with Crippen LogP contribution in [0.25, 0.3) is 0 Å². The molecule has 18 heavy (non-hydrogen) atoms. The molecule has 4 atom stereocenters. The summed E-state index contributed by atoms with van der Waals surface area (Å²) in [7, 11) is 0. The number of hydrogen-bond donors (Lipinski definition) is 3. The van der Waals surface area contributed by atoms with Crippen molar-refractivity contribution in [3.05, 3.63) is 30.1 Å². The van der Waals surface area contributed by atoms with Crippen molar-refractivity contribution in [3.8, 4) is 0 Å². The molecule has 6 nitrogen and oxygen atoms in total. The van der Waals surface area contributed by atoms with Gasteiger partial charge in [0.1, 0.15) is 17.8 Å². The van der Waals surface area contributed by atoms with E-state index in [0.717, 1.165) is 0 Å². The van der Waals surface area contributed by atoms with E-state index in [1.54, 1.807) is 22.9 Å². The molecule has 2 rings (SSSR count). The van der Waals surface area contributed by atoms with Gasteiger partial charge in [0.25, 0.3) is 12.1 Å². The van der Waals surface area contributed by atoms with Crippen LogP contribution >= 0.6 is 11.6 Å². The fourth-order valence-corrected chi connectivity index (χ4v) is 2.24. The molecule has 0 aromatic carbocycles. The second-order valence-electron chi connectivity index (χ2n) is 4.09. The van der Waals surface area contributed by atoms with Crippen LogP contribution in [0.3, 0.4) is 0 Å². The highest BCUT2D eigenvalue weighted by Crippen LogP contribution is 2.29. The first-order valence-corrected chi connectivity index (χ1v) is 5.87. The van der Waals surface area contributed by atoms with Crippen LogP contribution < -0.4 is 10.3 Å². The Morgan fingerprint density at radius 3 is 2.89 bits per heavy atom.